The van der Waals surface area contributed by atoms with Crippen molar-refractivity contribution in [3.63, 3.8) is 0 Å². The van der Waals surface area contributed by atoms with E-state index in [4.69, 9.17) is 14.2 Å². The summed E-state index contributed by atoms with van der Waals surface area (Å²) < 4.78 is 16.6. The molecule has 1 heterocycles. The molecule has 4 heteroatoms. The summed E-state index contributed by atoms with van der Waals surface area (Å²) in [6.07, 6.45) is 1.15. The lowest BCUT2D eigenvalue weighted by Gasteiger charge is -2.34. The molecule has 0 aromatic rings. The second kappa shape index (κ2) is 5.80. The first kappa shape index (κ1) is 12.9. The maximum absolute atomic E-state index is 5.65. The van der Waals surface area contributed by atoms with Crippen LogP contribution in [0.25, 0.3) is 0 Å². The Morgan fingerprint density at radius 2 is 1.87 bits per heavy atom. The van der Waals surface area contributed by atoms with Crippen LogP contribution in [0.4, 0.5) is 0 Å². The Bertz CT molecular complexity index is 173. The molecule has 0 saturated carbocycles. The molecule has 1 fully saturated rings. The van der Waals surface area contributed by atoms with Crippen molar-refractivity contribution >= 4 is 0 Å². The van der Waals surface area contributed by atoms with Gasteiger partial charge in [0.1, 0.15) is 6.10 Å². The molecule has 0 aromatic carbocycles. The van der Waals surface area contributed by atoms with Gasteiger partial charge < -0.3 is 19.1 Å². The molecule has 4 nitrogen and oxygen atoms in total. The zero-order valence-electron chi connectivity index (χ0n) is 10.3. The van der Waals surface area contributed by atoms with E-state index in [1.165, 1.54) is 0 Å². The van der Waals surface area contributed by atoms with Gasteiger partial charge in [-0.3, -0.25) is 0 Å². The first-order valence-electron chi connectivity index (χ1n) is 5.54. The van der Waals surface area contributed by atoms with Crippen molar-refractivity contribution in [3.05, 3.63) is 0 Å². The van der Waals surface area contributed by atoms with Gasteiger partial charge in [-0.25, -0.2) is 0 Å². The van der Waals surface area contributed by atoms with E-state index in [9.17, 15) is 0 Å². The van der Waals surface area contributed by atoms with E-state index < -0.39 is 5.79 Å². The van der Waals surface area contributed by atoms with Crippen molar-refractivity contribution in [3.8, 4) is 0 Å². The summed E-state index contributed by atoms with van der Waals surface area (Å²) in [5, 5.41) is 0. The molecule has 0 N–H and O–H groups in total. The fraction of sp³-hybridized carbons (Fsp3) is 1.00. The molecule has 0 bridgehead atoms. The van der Waals surface area contributed by atoms with Gasteiger partial charge in [-0.1, -0.05) is 0 Å². The van der Waals surface area contributed by atoms with Crippen molar-refractivity contribution in [1.82, 2.24) is 4.90 Å². The van der Waals surface area contributed by atoms with Gasteiger partial charge >= 0.3 is 0 Å². The summed E-state index contributed by atoms with van der Waals surface area (Å²) in [4.78, 5) is 2.15. The van der Waals surface area contributed by atoms with Crippen molar-refractivity contribution in [2.75, 3.05) is 40.5 Å². The van der Waals surface area contributed by atoms with Crippen LogP contribution in [0.3, 0.4) is 0 Å². The van der Waals surface area contributed by atoms with Crippen molar-refractivity contribution in [2.24, 2.45) is 0 Å². The largest absolute Gasteiger partial charge is 0.373 e. The second-order valence-electron chi connectivity index (χ2n) is 4.67. The van der Waals surface area contributed by atoms with Crippen LogP contribution in [0.2, 0.25) is 0 Å². The summed E-state index contributed by atoms with van der Waals surface area (Å²) in [7, 11) is 4.13. The lowest BCUT2D eigenvalue weighted by atomic mass is 10.3. The van der Waals surface area contributed by atoms with Crippen molar-refractivity contribution in [1.29, 1.82) is 0 Å². The molecule has 0 aromatic heterocycles. The minimum absolute atomic E-state index is 0.0974. The van der Waals surface area contributed by atoms with E-state index in [1.54, 1.807) is 0 Å². The Hall–Kier alpha value is -0.160. The average molecular weight is 217 g/mol. The zero-order valence-corrected chi connectivity index (χ0v) is 10.3. The lowest BCUT2D eigenvalue weighted by Crippen LogP contribution is -2.43. The van der Waals surface area contributed by atoms with Crippen LogP contribution < -0.4 is 0 Å². The highest BCUT2D eigenvalue weighted by Crippen LogP contribution is 2.18. The average Bonchev–Trinajstić information content (AvgIpc) is 2.14. The standard InChI is InChI=1S/C11H23NO3/c1-11(2)14-8-10(9-15-11)13-7-5-6-12(3)4/h10H,5-9H2,1-4H3. The van der Waals surface area contributed by atoms with Crippen LogP contribution in [-0.4, -0.2) is 57.3 Å². The Morgan fingerprint density at radius 3 is 2.40 bits per heavy atom. The van der Waals surface area contributed by atoms with Gasteiger partial charge in [0.25, 0.3) is 0 Å². The van der Waals surface area contributed by atoms with Gasteiger partial charge in [0.05, 0.1) is 13.2 Å². The molecule has 0 amide bonds. The zero-order chi connectivity index (χ0) is 11.3. The Morgan fingerprint density at radius 1 is 1.27 bits per heavy atom. The minimum atomic E-state index is -0.441. The maximum atomic E-state index is 5.65. The molecule has 1 aliphatic rings. The highest BCUT2D eigenvalue weighted by atomic mass is 16.7. The van der Waals surface area contributed by atoms with Gasteiger partial charge in [0, 0.05) is 6.61 Å². The van der Waals surface area contributed by atoms with E-state index in [-0.39, 0.29) is 6.10 Å². The Labute approximate surface area is 92.5 Å². The van der Waals surface area contributed by atoms with E-state index >= 15 is 0 Å². The monoisotopic (exact) mass is 217 g/mol. The van der Waals surface area contributed by atoms with E-state index in [0.29, 0.717) is 13.2 Å². The van der Waals surface area contributed by atoms with E-state index in [0.717, 1.165) is 19.6 Å². The third kappa shape index (κ3) is 5.47. The number of hydrogen-bond acceptors (Lipinski definition) is 4. The number of hydrogen-bond donors (Lipinski definition) is 0. The molecule has 0 spiro atoms. The van der Waals surface area contributed by atoms with Crippen molar-refractivity contribution < 1.29 is 14.2 Å². The van der Waals surface area contributed by atoms with Gasteiger partial charge in [-0.2, -0.15) is 0 Å². The third-order valence-corrected chi connectivity index (χ3v) is 2.34. The molecule has 1 saturated heterocycles. The number of rotatable bonds is 5. The highest BCUT2D eigenvalue weighted by molar-refractivity contribution is 4.67. The summed E-state index contributed by atoms with van der Waals surface area (Å²) >= 11 is 0. The van der Waals surface area contributed by atoms with Crippen LogP contribution >= 0.6 is 0 Å². The van der Waals surface area contributed by atoms with Crippen LogP contribution in [-0.2, 0) is 14.2 Å². The van der Waals surface area contributed by atoms with Crippen LogP contribution in [0.15, 0.2) is 0 Å². The summed E-state index contributed by atoms with van der Waals surface area (Å²) in [5.41, 5.74) is 0. The van der Waals surface area contributed by atoms with Crippen LogP contribution in [0, 0.1) is 0 Å². The van der Waals surface area contributed by atoms with Gasteiger partial charge in [-0.05, 0) is 40.9 Å². The lowest BCUT2D eigenvalue weighted by molar-refractivity contribution is -0.279. The minimum Gasteiger partial charge on any atom is -0.373 e. The first-order chi connectivity index (χ1) is 6.99. The predicted octanol–water partition coefficient (Wildman–Crippen LogP) is 1.11. The topological polar surface area (TPSA) is 30.9 Å². The van der Waals surface area contributed by atoms with Crippen LogP contribution in [0.5, 0.6) is 0 Å². The molecule has 0 radical (unpaired) electrons. The molecule has 15 heavy (non-hydrogen) atoms. The third-order valence-electron chi connectivity index (χ3n) is 2.34. The van der Waals surface area contributed by atoms with Gasteiger partial charge in [-0.15, -0.1) is 0 Å². The summed E-state index contributed by atoms with van der Waals surface area (Å²) in [5.74, 6) is -0.441. The number of ether oxygens (including phenoxy) is 3. The Balaban J connectivity index is 2.04. The fourth-order valence-electron chi connectivity index (χ4n) is 1.40. The first-order valence-corrected chi connectivity index (χ1v) is 5.54. The molecule has 0 atom stereocenters. The highest BCUT2D eigenvalue weighted by Gasteiger charge is 2.28. The second-order valence-corrected chi connectivity index (χ2v) is 4.67. The molecule has 90 valence electrons. The molecule has 0 aliphatic carbocycles. The maximum Gasteiger partial charge on any atom is 0.163 e. The summed E-state index contributed by atoms with van der Waals surface area (Å²) in [6.45, 7) is 6.95. The SMILES string of the molecule is CN(C)CCCOC1COC(C)(C)OC1. The Kier molecular flexibility index (Phi) is 4.99. The molecule has 0 unspecified atom stereocenters. The fourth-order valence-corrected chi connectivity index (χ4v) is 1.40. The molecular formula is C11H23NO3. The van der Waals surface area contributed by atoms with Crippen LogP contribution in [0.1, 0.15) is 20.3 Å². The quantitative estimate of drug-likeness (QED) is 0.645. The smallest absolute Gasteiger partial charge is 0.163 e. The van der Waals surface area contributed by atoms with E-state index in [1.807, 2.05) is 13.8 Å². The van der Waals surface area contributed by atoms with Gasteiger partial charge in [0.2, 0.25) is 0 Å². The molecule has 1 aliphatic heterocycles. The molecular weight excluding hydrogens is 194 g/mol. The predicted molar refractivity (Wildman–Crippen MR) is 58.9 cm³/mol. The summed E-state index contributed by atoms with van der Waals surface area (Å²) in [6, 6.07) is 0. The molecule has 1 rings (SSSR count). The van der Waals surface area contributed by atoms with Gasteiger partial charge in [0.15, 0.2) is 5.79 Å². The van der Waals surface area contributed by atoms with Crippen molar-refractivity contribution in [2.45, 2.75) is 32.2 Å². The normalized spacial score (nSPS) is 22.2. The van der Waals surface area contributed by atoms with E-state index in [2.05, 4.69) is 19.0 Å². The number of nitrogens with zero attached hydrogens (tertiary/aromatic N) is 1.